The molecule has 0 aliphatic rings. The Bertz CT molecular complexity index is 1430. The standard InChI is InChI=1S/C27H33F3N6O6/c1-26(2,3)42-25(40)36(4)9-6-8-31-22-21-19(24(39)35-23(21)34-15-33-22)14-32-17-11-16(27(28,29)30)12-18(13-17)41-10-5-7-20(37)38/h11-15,39H,5-10H2,1-4H3,(H,37,38)(H2,31,33,34,35). The van der Waals surface area contributed by atoms with Crippen LogP contribution in [0.5, 0.6) is 11.6 Å². The number of nitrogens with zero attached hydrogens (tertiary/aromatic N) is 4. The summed E-state index contributed by atoms with van der Waals surface area (Å²) in [6.45, 7) is 6.01. The van der Waals surface area contributed by atoms with Crippen molar-refractivity contribution in [3.63, 3.8) is 0 Å². The van der Waals surface area contributed by atoms with Gasteiger partial charge >= 0.3 is 18.2 Å². The molecule has 15 heteroatoms. The van der Waals surface area contributed by atoms with E-state index < -0.39 is 29.4 Å². The third kappa shape index (κ3) is 9.24. The van der Waals surface area contributed by atoms with Crippen LogP contribution in [0.4, 0.5) is 29.5 Å². The number of aliphatic carboxylic acids is 1. The van der Waals surface area contributed by atoms with Gasteiger partial charge in [0.05, 0.1) is 28.8 Å². The topological polar surface area (TPSA) is 162 Å². The number of amides is 1. The molecule has 0 aliphatic carbocycles. The van der Waals surface area contributed by atoms with E-state index in [9.17, 15) is 27.9 Å². The van der Waals surface area contributed by atoms with Gasteiger partial charge < -0.3 is 34.9 Å². The average Bonchev–Trinajstić information content (AvgIpc) is 3.21. The van der Waals surface area contributed by atoms with E-state index >= 15 is 0 Å². The number of carbonyl (C=O) groups excluding carboxylic acids is 1. The molecule has 0 spiro atoms. The Kier molecular flexibility index (Phi) is 10.2. The van der Waals surface area contributed by atoms with Crippen LogP contribution < -0.4 is 10.1 Å². The van der Waals surface area contributed by atoms with E-state index in [1.807, 2.05) is 0 Å². The molecule has 0 saturated carbocycles. The molecule has 0 saturated heterocycles. The molecule has 0 aliphatic heterocycles. The van der Waals surface area contributed by atoms with Crippen molar-refractivity contribution in [1.29, 1.82) is 0 Å². The van der Waals surface area contributed by atoms with Crippen LogP contribution in [0.2, 0.25) is 0 Å². The number of nitrogens with one attached hydrogen (secondary N) is 2. The van der Waals surface area contributed by atoms with E-state index in [4.69, 9.17) is 14.6 Å². The molecule has 1 amide bonds. The molecule has 0 fully saturated rings. The zero-order chi connectivity index (χ0) is 31.1. The fraction of sp³-hybridized carbons (Fsp3) is 0.444. The number of anilines is 1. The van der Waals surface area contributed by atoms with E-state index in [2.05, 4.69) is 25.3 Å². The van der Waals surface area contributed by atoms with Crippen molar-refractivity contribution in [3.05, 3.63) is 35.7 Å². The molecule has 0 unspecified atom stereocenters. The number of benzene rings is 1. The van der Waals surface area contributed by atoms with Gasteiger partial charge in [0.1, 0.15) is 29.1 Å². The first kappa shape index (κ1) is 32.0. The van der Waals surface area contributed by atoms with Crippen molar-refractivity contribution in [3.8, 4) is 11.6 Å². The molecule has 3 rings (SSSR count). The van der Waals surface area contributed by atoms with E-state index in [1.165, 1.54) is 23.5 Å². The third-order valence-corrected chi connectivity index (χ3v) is 5.64. The summed E-state index contributed by atoms with van der Waals surface area (Å²) in [7, 11) is 1.62. The first-order valence-electron chi connectivity index (χ1n) is 13.0. The molecule has 0 atom stereocenters. The van der Waals surface area contributed by atoms with Gasteiger partial charge in [-0.2, -0.15) is 13.2 Å². The van der Waals surface area contributed by atoms with Gasteiger partial charge in [0, 0.05) is 38.8 Å². The maximum Gasteiger partial charge on any atom is 0.416 e. The number of H-pyrrole nitrogens is 1. The van der Waals surface area contributed by atoms with Crippen LogP contribution in [0, 0.1) is 0 Å². The highest BCUT2D eigenvalue weighted by atomic mass is 19.4. The summed E-state index contributed by atoms with van der Waals surface area (Å²) in [5.41, 5.74) is -1.32. The Morgan fingerprint density at radius 3 is 2.57 bits per heavy atom. The molecule has 2 aromatic heterocycles. The number of fused-ring (bicyclic) bond motifs is 1. The van der Waals surface area contributed by atoms with Gasteiger partial charge in [-0.05, 0) is 45.7 Å². The van der Waals surface area contributed by atoms with Crippen LogP contribution in [0.15, 0.2) is 29.5 Å². The van der Waals surface area contributed by atoms with Gasteiger partial charge in [-0.25, -0.2) is 14.8 Å². The van der Waals surface area contributed by atoms with Crippen LogP contribution in [-0.4, -0.2) is 80.7 Å². The number of carboxylic acid groups (broad SMARTS) is 1. The number of rotatable bonds is 12. The number of halogens is 3. The molecule has 1 aromatic carbocycles. The van der Waals surface area contributed by atoms with Crippen molar-refractivity contribution in [2.75, 3.05) is 32.1 Å². The van der Waals surface area contributed by atoms with Crippen LogP contribution in [0.1, 0.15) is 51.2 Å². The van der Waals surface area contributed by atoms with Crippen molar-refractivity contribution < 1.29 is 42.4 Å². The van der Waals surface area contributed by atoms with Crippen LogP contribution in [0.3, 0.4) is 0 Å². The molecule has 228 valence electrons. The van der Waals surface area contributed by atoms with Gasteiger partial charge in [0.25, 0.3) is 0 Å². The smallest absolute Gasteiger partial charge is 0.416 e. The third-order valence-electron chi connectivity index (χ3n) is 5.64. The van der Waals surface area contributed by atoms with Crippen LogP contribution in [-0.2, 0) is 15.7 Å². The van der Waals surface area contributed by atoms with Gasteiger partial charge in [-0.3, -0.25) is 9.79 Å². The number of aliphatic imine (C=N–C) groups is 1. The predicted octanol–water partition coefficient (Wildman–Crippen LogP) is 5.35. The summed E-state index contributed by atoms with van der Waals surface area (Å²) in [4.78, 5) is 39.4. The lowest BCUT2D eigenvalue weighted by atomic mass is 10.1. The van der Waals surface area contributed by atoms with Crippen molar-refractivity contribution >= 4 is 40.8 Å². The fourth-order valence-corrected chi connectivity index (χ4v) is 3.70. The summed E-state index contributed by atoms with van der Waals surface area (Å²) >= 11 is 0. The number of carboxylic acids is 1. The van der Waals surface area contributed by atoms with Gasteiger partial charge in [-0.1, -0.05) is 0 Å². The number of hydrogen-bond acceptors (Lipinski definition) is 9. The van der Waals surface area contributed by atoms with Crippen molar-refractivity contribution in [1.82, 2.24) is 19.9 Å². The summed E-state index contributed by atoms with van der Waals surface area (Å²) in [6.07, 6.45) is -2.23. The summed E-state index contributed by atoms with van der Waals surface area (Å²) in [6, 6.07) is 2.90. The number of aromatic nitrogens is 3. The number of carbonyl (C=O) groups is 2. The lowest BCUT2D eigenvalue weighted by Crippen LogP contribution is -2.35. The molecule has 12 nitrogen and oxygen atoms in total. The first-order chi connectivity index (χ1) is 19.6. The zero-order valence-corrected chi connectivity index (χ0v) is 23.6. The molecule has 3 aromatic rings. The predicted molar refractivity (Wildman–Crippen MR) is 149 cm³/mol. The molecule has 2 heterocycles. The Morgan fingerprint density at radius 2 is 1.90 bits per heavy atom. The Morgan fingerprint density at radius 1 is 1.17 bits per heavy atom. The minimum Gasteiger partial charge on any atom is -0.494 e. The van der Waals surface area contributed by atoms with Crippen LogP contribution in [0.25, 0.3) is 11.0 Å². The quantitative estimate of drug-likeness (QED) is 0.160. The number of hydrogen-bond donors (Lipinski definition) is 4. The average molecular weight is 595 g/mol. The van der Waals surface area contributed by atoms with Crippen LogP contribution >= 0.6 is 0 Å². The minimum atomic E-state index is -4.68. The zero-order valence-electron chi connectivity index (χ0n) is 23.6. The van der Waals surface area contributed by atoms with Gasteiger partial charge in [0.15, 0.2) is 5.88 Å². The lowest BCUT2D eigenvalue weighted by Gasteiger charge is -2.24. The summed E-state index contributed by atoms with van der Waals surface area (Å²) < 4.78 is 51.2. The molecule has 0 radical (unpaired) electrons. The summed E-state index contributed by atoms with van der Waals surface area (Å²) in [5.74, 6) is -1.16. The highest BCUT2D eigenvalue weighted by molar-refractivity contribution is 6.06. The van der Waals surface area contributed by atoms with E-state index in [1.54, 1.807) is 27.8 Å². The molecule has 4 N–H and O–H groups in total. The molecule has 42 heavy (non-hydrogen) atoms. The maximum absolute atomic E-state index is 13.5. The van der Waals surface area contributed by atoms with E-state index in [0.29, 0.717) is 30.7 Å². The van der Waals surface area contributed by atoms with Crippen molar-refractivity contribution in [2.45, 2.75) is 51.8 Å². The Balaban J connectivity index is 1.78. The largest absolute Gasteiger partial charge is 0.494 e. The number of alkyl halides is 3. The normalized spacial score (nSPS) is 12.1. The van der Waals surface area contributed by atoms with Gasteiger partial charge in [-0.15, -0.1) is 0 Å². The lowest BCUT2D eigenvalue weighted by molar-refractivity contribution is -0.138. The first-order valence-corrected chi connectivity index (χ1v) is 13.0. The number of ether oxygens (including phenoxy) is 2. The SMILES string of the molecule is CN(CCCNc1ncnc2[nH]c(O)c(C=Nc3cc(OCCCC(=O)O)cc(C(F)(F)F)c3)c12)C(=O)OC(C)(C)C. The number of aromatic amines is 1. The monoisotopic (exact) mass is 594 g/mol. The second-order valence-electron chi connectivity index (χ2n) is 10.3. The second kappa shape index (κ2) is 13.4. The van der Waals surface area contributed by atoms with E-state index in [0.717, 1.165) is 12.1 Å². The Hall–Kier alpha value is -4.56. The van der Waals surface area contributed by atoms with Crippen molar-refractivity contribution in [2.24, 2.45) is 4.99 Å². The molecular weight excluding hydrogens is 561 g/mol. The number of aromatic hydroxyl groups is 1. The fourth-order valence-electron chi connectivity index (χ4n) is 3.70. The Labute approximate surface area is 239 Å². The molecule has 0 bridgehead atoms. The van der Waals surface area contributed by atoms with Gasteiger partial charge in [0.2, 0.25) is 0 Å². The maximum atomic E-state index is 13.5. The minimum absolute atomic E-state index is 0.0973. The molecular formula is C27H33F3N6O6. The van der Waals surface area contributed by atoms with E-state index in [-0.39, 0.29) is 48.0 Å². The highest BCUT2D eigenvalue weighted by Gasteiger charge is 2.31. The highest BCUT2D eigenvalue weighted by Crippen LogP contribution is 2.36. The second-order valence-corrected chi connectivity index (χ2v) is 10.3. The summed E-state index contributed by atoms with van der Waals surface area (Å²) in [5, 5.41) is 22.7.